The van der Waals surface area contributed by atoms with Gasteiger partial charge in [-0.05, 0) is 23.8 Å². The van der Waals surface area contributed by atoms with Crippen molar-refractivity contribution in [3.8, 4) is 0 Å². The molecule has 1 heterocycles. The summed E-state index contributed by atoms with van der Waals surface area (Å²) in [7, 11) is 0. The van der Waals surface area contributed by atoms with Crippen molar-refractivity contribution < 1.29 is 26.0 Å². The lowest BCUT2D eigenvalue weighted by molar-refractivity contribution is -0.991. The van der Waals surface area contributed by atoms with E-state index in [2.05, 4.69) is 20.2 Å². The Bertz CT molecular complexity index is 1200. The summed E-state index contributed by atoms with van der Waals surface area (Å²) in [5, 5.41) is 56.0. The van der Waals surface area contributed by atoms with Crippen LogP contribution in [-0.4, -0.2) is 37.2 Å². The number of benzene rings is 2. The van der Waals surface area contributed by atoms with Crippen molar-refractivity contribution >= 4 is 34.1 Å². The average Bonchev–Trinajstić information content (AvgIpc) is 2.73. The van der Waals surface area contributed by atoms with Crippen LogP contribution in [0.3, 0.4) is 0 Å². The Hall–Kier alpha value is -3.76. The molecule has 2 aromatic carbocycles. The van der Waals surface area contributed by atoms with Gasteiger partial charge in [-0.15, -0.1) is 10.2 Å². The van der Waals surface area contributed by atoms with E-state index in [1.165, 1.54) is 42.5 Å². The Morgan fingerprint density at radius 3 is 2.23 bits per heavy atom. The fourth-order valence-corrected chi connectivity index (χ4v) is 2.70. The van der Waals surface area contributed by atoms with Gasteiger partial charge in [-0.3, -0.25) is 4.79 Å². The largest absolute Gasteiger partial charge is 0.595 e. The third-order valence-electron chi connectivity index (χ3n) is 4.19. The standard InChI is InChI=1S/C17H18N8O6/c18-17(19)23-22-13(15(26)8-1-3-9(4-2-8)24(28)29)14-16(27)21-12-7-10(25(30)31)5-6-11(12)20-14/h1-7,15,24-26,28,30H,(H,21,27)(H4,18,19,23)/b22-13+. The molecule has 1 aromatic heterocycles. The van der Waals surface area contributed by atoms with Crippen molar-refractivity contribution in [2.24, 2.45) is 21.7 Å². The first-order valence-corrected chi connectivity index (χ1v) is 8.63. The molecule has 31 heavy (non-hydrogen) atoms. The normalized spacial score (nSPS) is 14.8. The highest BCUT2D eigenvalue weighted by atomic mass is 16.8. The van der Waals surface area contributed by atoms with Crippen LogP contribution in [0, 0.1) is 10.4 Å². The van der Waals surface area contributed by atoms with Gasteiger partial charge in [0.05, 0.1) is 11.0 Å². The highest BCUT2D eigenvalue weighted by molar-refractivity contribution is 6.03. The van der Waals surface area contributed by atoms with Crippen molar-refractivity contribution in [1.29, 1.82) is 0 Å². The SMILES string of the molecule is NC(N)=N/N=C(\c1nc2ccc([NH+]([O-])O)cc2[nH]c1=O)C(O)c1ccc([NH+]([O-])O)cc1. The second-order valence-electron chi connectivity index (χ2n) is 6.29. The van der Waals surface area contributed by atoms with E-state index in [9.17, 15) is 20.3 Å². The summed E-state index contributed by atoms with van der Waals surface area (Å²) in [5.41, 5.74) is 9.74. The van der Waals surface area contributed by atoms with Crippen molar-refractivity contribution in [1.82, 2.24) is 9.97 Å². The van der Waals surface area contributed by atoms with Crippen molar-refractivity contribution in [2.45, 2.75) is 6.10 Å². The van der Waals surface area contributed by atoms with E-state index in [4.69, 9.17) is 21.9 Å². The predicted molar refractivity (Wildman–Crippen MR) is 108 cm³/mol. The number of guanidine groups is 1. The van der Waals surface area contributed by atoms with Gasteiger partial charge in [0.25, 0.3) is 5.56 Å². The average molecular weight is 430 g/mol. The molecule has 10 N–H and O–H groups in total. The maximum atomic E-state index is 12.6. The molecule has 0 amide bonds. The molecule has 0 fully saturated rings. The zero-order chi connectivity index (χ0) is 22.7. The molecule has 0 aliphatic carbocycles. The van der Waals surface area contributed by atoms with Crippen molar-refractivity contribution in [3.05, 3.63) is 74.5 Å². The summed E-state index contributed by atoms with van der Waals surface area (Å²) in [5.74, 6) is -0.436. The van der Waals surface area contributed by atoms with E-state index in [1.807, 2.05) is 0 Å². The molecule has 0 spiro atoms. The summed E-state index contributed by atoms with van der Waals surface area (Å²) in [6.45, 7) is 0. The topological polar surface area (TPSA) is 238 Å². The Labute approximate surface area is 173 Å². The van der Waals surface area contributed by atoms with E-state index in [-0.39, 0.29) is 39.4 Å². The lowest BCUT2D eigenvalue weighted by Gasteiger charge is -2.15. The molecule has 3 unspecified atom stereocenters. The van der Waals surface area contributed by atoms with E-state index in [1.54, 1.807) is 0 Å². The Balaban J connectivity index is 2.12. The van der Waals surface area contributed by atoms with Gasteiger partial charge in [0, 0.05) is 24.3 Å². The number of fused-ring (bicyclic) bond motifs is 1. The number of aromatic nitrogens is 2. The summed E-state index contributed by atoms with van der Waals surface area (Å²) < 4.78 is 0. The highest BCUT2D eigenvalue weighted by Crippen LogP contribution is 2.20. The van der Waals surface area contributed by atoms with Crippen LogP contribution >= 0.6 is 0 Å². The smallest absolute Gasteiger partial charge is 0.276 e. The van der Waals surface area contributed by atoms with Crippen molar-refractivity contribution in [3.63, 3.8) is 0 Å². The number of nitrogens with one attached hydrogen (secondary N) is 3. The van der Waals surface area contributed by atoms with Crippen LogP contribution in [0.15, 0.2) is 57.5 Å². The third kappa shape index (κ3) is 4.87. The summed E-state index contributed by atoms with van der Waals surface area (Å²) in [4.78, 5) is 19.3. The maximum absolute atomic E-state index is 12.6. The number of rotatable bonds is 6. The van der Waals surface area contributed by atoms with Gasteiger partial charge in [-0.25, -0.2) is 15.4 Å². The molecule has 3 aromatic rings. The zero-order valence-electron chi connectivity index (χ0n) is 15.7. The van der Waals surface area contributed by atoms with Crippen LogP contribution in [0.1, 0.15) is 17.4 Å². The van der Waals surface area contributed by atoms with Gasteiger partial charge in [0.15, 0.2) is 17.1 Å². The van der Waals surface area contributed by atoms with Gasteiger partial charge in [0.2, 0.25) is 5.96 Å². The second kappa shape index (κ2) is 8.94. The van der Waals surface area contributed by atoms with Crippen LogP contribution in [0.25, 0.3) is 11.0 Å². The number of quaternary nitrogens is 2. The number of hydrogen-bond acceptors (Lipinski definition) is 9. The van der Waals surface area contributed by atoms with E-state index in [0.717, 1.165) is 0 Å². The van der Waals surface area contributed by atoms with Crippen LogP contribution in [0.5, 0.6) is 0 Å². The van der Waals surface area contributed by atoms with Crippen LogP contribution in [0.4, 0.5) is 11.4 Å². The molecule has 14 heteroatoms. The molecular formula is C17H18N8O6. The lowest BCUT2D eigenvalue weighted by Crippen LogP contribution is -2.99. The third-order valence-corrected chi connectivity index (χ3v) is 4.19. The first-order valence-electron chi connectivity index (χ1n) is 8.63. The minimum absolute atomic E-state index is 0.00502. The molecular weight excluding hydrogens is 412 g/mol. The maximum Gasteiger partial charge on any atom is 0.276 e. The first-order chi connectivity index (χ1) is 14.7. The van der Waals surface area contributed by atoms with E-state index >= 15 is 0 Å². The van der Waals surface area contributed by atoms with Crippen LogP contribution in [-0.2, 0) is 0 Å². The summed E-state index contributed by atoms with van der Waals surface area (Å²) in [6, 6.07) is 9.14. The molecule has 0 bridgehead atoms. The minimum atomic E-state index is -1.53. The van der Waals surface area contributed by atoms with Crippen LogP contribution < -0.4 is 27.5 Å². The first kappa shape index (κ1) is 21.9. The quantitative estimate of drug-likeness (QED) is 0.116. The number of aromatic amines is 1. The van der Waals surface area contributed by atoms with Gasteiger partial charge in [-0.2, -0.15) is 10.5 Å². The molecule has 162 valence electrons. The second-order valence-corrected chi connectivity index (χ2v) is 6.29. The molecule has 3 atom stereocenters. The molecule has 3 rings (SSSR count). The fourth-order valence-electron chi connectivity index (χ4n) is 2.70. The molecule has 0 saturated heterocycles. The monoisotopic (exact) mass is 430 g/mol. The number of H-pyrrole nitrogens is 1. The van der Waals surface area contributed by atoms with E-state index < -0.39 is 28.1 Å². The van der Waals surface area contributed by atoms with Gasteiger partial charge < -0.3 is 32.0 Å². The van der Waals surface area contributed by atoms with Gasteiger partial charge in [-0.1, -0.05) is 0 Å². The molecule has 0 saturated carbocycles. The Morgan fingerprint density at radius 1 is 1.03 bits per heavy atom. The number of hydrogen-bond donors (Lipinski definition) is 8. The number of aliphatic hydroxyl groups is 1. The number of nitrogens with two attached hydrogens (primary N) is 2. The highest BCUT2D eigenvalue weighted by Gasteiger charge is 2.23. The molecule has 0 aliphatic heterocycles. The number of aliphatic hydroxyl groups excluding tert-OH is 1. The van der Waals surface area contributed by atoms with Gasteiger partial charge in [0.1, 0.15) is 11.8 Å². The Kier molecular flexibility index (Phi) is 6.33. The van der Waals surface area contributed by atoms with Crippen LogP contribution in [0.2, 0.25) is 0 Å². The molecule has 14 nitrogen and oxygen atoms in total. The van der Waals surface area contributed by atoms with E-state index in [0.29, 0.717) is 0 Å². The minimum Gasteiger partial charge on any atom is -0.595 e. The Morgan fingerprint density at radius 2 is 1.65 bits per heavy atom. The fraction of sp³-hybridized carbons (Fsp3) is 0.0588. The summed E-state index contributed by atoms with van der Waals surface area (Å²) >= 11 is 0. The lowest BCUT2D eigenvalue weighted by atomic mass is 10.0. The zero-order valence-corrected chi connectivity index (χ0v) is 15.7. The van der Waals surface area contributed by atoms with Gasteiger partial charge >= 0.3 is 0 Å². The summed E-state index contributed by atoms with van der Waals surface area (Å²) in [6.07, 6.45) is -1.53. The molecule has 0 aliphatic rings. The van der Waals surface area contributed by atoms with Crippen molar-refractivity contribution in [2.75, 3.05) is 0 Å². The predicted octanol–water partition coefficient (Wildman–Crippen LogP) is -2.56. The molecule has 0 radical (unpaired) electrons. The number of nitrogens with zero attached hydrogens (tertiary/aromatic N) is 3.